The maximum atomic E-state index is 11.5. The Balaban J connectivity index is 0.000000211. The molecule has 1 unspecified atom stereocenters. The van der Waals surface area contributed by atoms with Gasteiger partial charge in [-0.05, 0) is 44.6 Å². The van der Waals surface area contributed by atoms with Gasteiger partial charge in [0.25, 0.3) is 11.5 Å². The fraction of sp³-hybridized carbons (Fsp3) is 0.719. The van der Waals surface area contributed by atoms with Crippen LogP contribution in [0, 0.1) is 0 Å². The first-order valence-electron chi connectivity index (χ1n) is 16.6. The van der Waals surface area contributed by atoms with Crippen molar-refractivity contribution < 1.29 is 29.0 Å². The van der Waals surface area contributed by atoms with Crippen LogP contribution in [0.1, 0.15) is 44.1 Å². The van der Waals surface area contributed by atoms with Gasteiger partial charge in [-0.25, -0.2) is 15.4 Å². The molecule has 1 atom stereocenters. The average Bonchev–Trinajstić information content (AvgIpc) is 3.89. The molecule has 16 nitrogen and oxygen atoms in total. The van der Waals surface area contributed by atoms with Gasteiger partial charge in [0, 0.05) is 106 Å². The molecule has 272 valence electrons. The molecule has 0 radical (unpaired) electrons. The van der Waals surface area contributed by atoms with Gasteiger partial charge in [0.05, 0.1) is 6.61 Å². The number of aryl methyl sites for hydroxylation is 1. The number of amides is 6. The maximum Gasteiger partial charge on any atom is 0.333 e. The zero-order valence-electron chi connectivity index (χ0n) is 29.6. The molecule has 4 N–H and O–H groups in total. The minimum absolute atomic E-state index is 0.0799. The zero-order valence-corrected chi connectivity index (χ0v) is 29.6. The van der Waals surface area contributed by atoms with Crippen molar-refractivity contribution in [3.8, 4) is 0 Å². The number of hydrogen-bond donors (Lipinski definition) is 3. The van der Waals surface area contributed by atoms with Crippen LogP contribution in [0.4, 0.5) is 9.59 Å². The lowest BCUT2D eigenvalue weighted by Crippen LogP contribution is -2.50. The summed E-state index contributed by atoms with van der Waals surface area (Å²) >= 11 is 0. The predicted molar refractivity (Wildman–Crippen MR) is 182 cm³/mol. The molecule has 1 aromatic heterocycles. The molecule has 48 heavy (non-hydrogen) atoms. The van der Waals surface area contributed by atoms with Crippen molar-refractivity contribution in [3.05, 3.63) is 34.2 Å². The van der Waals surface area contributed by atoms with Gasteiger partial charge in [-0.15, -0.1) is 0 Å². The number of rotatable bonds is 3. The van der Waals surface area contributed by atoms with E-state index in [-0.39, 0.29) is 36.0 Å². The van der Waals surface area contributed by atoms with E-state index in [1.54, 1.807) is 63.5 Å². The van der Waals surface area contributed by atoms with Crippen LogP contribution in [-0.4, -0.2) is 163 Å². The van der Waals surface area contributed by atoms with Gasteiger partial charge in [-0.2, -0.15) is 0 Å². The summed E-state index contributed by atoms with van der Waals surface area (Å²) in [6.07, 6.45) is 7.18. The molecule has 6 rings (SSSR count). The fourth-order valence-electron chi connectivity index (χ4n) is 4.85. The molecule has 1 aliphatic carbocycles. The van der Waals surface area contributed by atoms with Crippen LogP contribution in [0.5, 0.6) is 0 Å². The van der Waals surface area contributed by atoms with E-state index in [4.69, 9.17) is 15.7 Å². The number of urea groups is 2. The number of nitrogens with zero attached hydrogens (tertiary/aromatic N) is 7. The van der Waals surface area contributed by atoms with E-state index in [9.17, 15) is 24.0 Å². The molecule has 0 spiro atoms. The summed E-state index contributed by atoms with van der Waals surface area (Å²) < 4.78 is 6.48. The molecule has 5 fully saturated rings. The molecule has 1 saturated carbocycles. The number of hydrogen-bond acceptors (Lipinski definition) is 9. The zero-order chi connectivity index (χ0) is 35.8. The van der Waals surface area contributed by atoms with E-state index in [1.807, 2.05) is 26.2 Å². The average molecular weight is 680 g/mol. The first-order valence-corrected chi connectivity index (χ1v) is 16.6. The van der Waals surface area contributed by atoms with Gasteiger partial charge in [0.1, 0.15) is 12.7 Å². The summed E-state index contributed by atoms with van der Waals surface area (Å²) in [6.45, 7) is 6.49. The van der Waals surface area contributed by atoms with Crippen LogP contribution in [0.25, 0.3) is 0 Å². The topological polar surface area (TPSA) is 177 Å². The smallest absolute Gasteiger partial charge is 0.333 e. The van der Waals surface area contributed by atoms with Crippen LogP contribution >= 0.6 is 0 Å². The van der Waals surface area contributed by atoms with E-state index < -0.39 is 6.10 Å². The maximum absolute atomic E-state index is 11.5. The highest BCUT2D eigenvalue weighted by Gasteiger charge is 2.23. The van der Waals surface area contributed by atoms with Crippen LogP contribution in [0.2, 0.25) is 0 Å². The summed E-state index contributed by atoms with van der Waals surface area (Å²) in [7, 11) is 10.7. The molecule has 6 amide bonds. The summed E-state index contributed by atoms with van der Waals surface area (Å²) in [5.74, 6) is 5.25. The second kappa shape index (κ2) is 20.6. The van der Waals surface area contributed by atoms with Crippen LogP contribution in [-0.2, 0) is 27.9 Å². The number of aliphatic hydroxyl groups excluding tert-OH is 1. The third kappa shape index (κ3) is 14.2. The first-order chi connectivity index (χ1) is 22.7. The number of likely N-dealkylation sites (tertiary alicyclic amines) is 1. The minimum atomic E-state index is -0.733. The lowest BCUT2D eigenvalue weighted by Gasteiger charge is -2.30. The lowest BCUT2D eigenvalue weighted by molar-refractivity contribution is -0.142. The minimum Gasteiger partial charge on any atom is -0.383 e. The summed E-state index contributed by atoms with van der Waals surface area (Å²) in [4.78, 5) is 63.1. The van der Waals surface area contributed by atoms with Gasteiger partial charge in [-0.3, -0.25) is 19.4 Å². The molecule has 1 aromatic rings. The van der Waals surface area contributed by atoms with Crippen LogP contribution in [0.15, 0.2) is 23.1 Å². The Morgan fingerprint density at radius 1 is 0.771 bits per heavy atom. The Labute approximate surface area is 284 Å². The van der Waals surface area contributed by atoms with E-state index in [1.165, 1.54) is 17.9 Å². The molecule has 16 heteroatoms. The summed E-state index contributed by atoms with van der Waals surface area (Å²) in [5.41, 5.74) is 0.965. The van der Waals surface area contributed by atoms with Crippen molar-refractivity contribution in [1.29, 1.82) is 0 Å². The molecule has 0 aromatic carbocycles. The lowest BCUT2D eigenvalue weighted by atomic mass is 10.1. The second-order valence-corrected chi connectivity index (χ2v) is 12.6. The molecule has 0 bridgehead atoms. The fourth-order valence-corrected chi connectivity index (χ4v) is 4.85. The van der Waals surface area contributed by atoms with E-state index >= 15 is 0 Å². The highest BCUT2D eigenvalue weighted by molar-refractivity contribution is 5.81. The normalized spacial score (nSPS) is 21.2. The predicted octanol–water partition coefficient (Wildman–Crippen LogP) is -0.297. The van der Waals surface area contributed by atoms with Crippen molar-refractivity contribution in [3.63, 3.8) is 0 Å². The number of piperidine rings is 1. The number of hydrazine groups is 1. The summed E-state index contributed by atoms with van der Waals surface area (Å²) in [5, 5.41) is 13.5. The number of nitrogens with one attached hydrogen (secondary N) is 1. The number of aliphatic hydroxyl groups is 1. The van der Waals surface area contributed by atoms with E-state index in [2.05, 4.69) is 5.32 Å². The first kappa shape index (κ1) is 40.4. The SMILES string of the molecule is CN1CCCC(O)C1=O.CN1CCCN(C)C1=O.CN1CCCN(N)C1=O.CN1CCOCC1=O.Cn1cccc(CNC2CC2)c1=O. The molecule has 5 aliphatic rings. The largest absolute Gasteiger partial charge is 0.383 e. The highest BCUT2D eigenvalue weighted by atomic mass is 16.5. The number of likely N-dealkylation sites (N-methyl/N-ethyl adjacent to an activating group) is 2. The summed E-state index contributed by atoms with van der Waals surface area (Å²) in [6, 6.07) is 4.51. The standard InChI is InChI=1S/C10H14N2O.C6H12N2O.C6H11NO2.C5H11N3O.C5H9NO2/c1-12-6-2-3-8(10(12)13)7-11-9-4-5-9;1-7-4-3-5-8(2)6(7)9;1-7-4-2-3-5(8)6(7)9;1-7-3-2-4-8(6)5(7)9;1-6-2-3-8-4-5(6)7/h2-3,6,9,11H,4-5,7H2,1H3;3-5H2,1-2H3;5,8H,2-4H2,1H3;2-4,6H2,1H3;2-4H2,1H3. The number of nitrogens with two attached hydrogens (primary N) is 1. The Bertz CT molecular complexity index is 1140. The molecule has 4 aliphatic heterocycles. The van der Waals surface area contributed by atoms with Crippen molar-refractivity contribution in [2.24, 2.45) is 12.9 Å². The Morgan fingerprint density at radius 2 is 1.35 bits per heavy atom. The van der Waals surface area contributed by atoms with Gasteiger partial charge >= 0.3 is 12.1 Å². The van der Waals surface area contributed by atoms with Gasteiger partial charge < -0.3 is 44.2 Å². The highest BCUT2D eigenvalue weighted by Crippen LogP contribution is 2.18. The molecular weight excluding hydrogens is 622 g/mol. The van der Waals surface area contributed by atoms with Crippen LogP contribution in [0.3, 0.4) is 0 Å². The Kier molecular flexibility index (Phi) is 17.4. The molecule has 5 heterocycles. The number of aromatic nitrogens is 1. The Morgan fingerprint density at radius 3 is 1.81 bits per heavy atom. The molecular formula is C32H57N9O7. The van der Waals surface area contributed by atoms with E-state index in [0.717, 1.165) is 57.5 Å². The van der Waals surface area contributed by atoms with Gasteiger partial charge in [0.15, 0.2) is 0 Å². The number of pyridine rings is 1. The van der Waals surface area contributed by atoms with Crippen molar-refractivity contribution in [2.75, 3.05) is 87.7 Å². The third-order valence-corrected chi connectivity index (χ3v) is 8.32. The van der Waals surface area contributed by atoms with Crippen molar-refractivity contribution in [1.82, 2.24) is 39.4 Å². The quantitative estimate of drug-likeness (QED) is 0.286. The van der Waals surface area contributed by atoms with Crippen molar-refractivity contribution >= 4 is 23.9 Å². The number of carbonyl (C=O) groups excluding carboxylic acids is 4. The number of ether oxygens (including phenoxy) is 1. The molecule has 4 saturated heterocycles. The second-order valence-electron chi connectivity index (χ2n) is 12.6. The Hall–Kier alpha value is -3.73. The number of morpholine rings is 1. The van der Waals surface area contributed by atoms with Crippen molar-refractivity contribution in [2.45, 2.75) is 57.2 Å². The van der Waals surface area contributed by atoms with Crippen LogP contribution < -0.4 is 16.7 Å². The third-order valence-electron chi connectivity index (χ3n) is 8.32. The van der Waals surface area contributed by atoms with Gasteiger partial charge in [0.2, 0.25) is 5.91 Å². The number of carbonyl (C=O) groups is 4. The van der Waals surface area contributed by atoms with Gasteiger partial charge in [-0.1, -0.05) is 6.07 Å². The monoisotopic (exact) mass is 679 g/mol. The van der Waals surface area contributed by atoms with E-state index in [0.29, 0.717) is 32.2 Å².